The number of anilines is 2. The van der Waals surface area contributed by atoms with Crippen LogP contribution in [0, 0.1) is 6.92 Å². The number of rotatable bonds is 2. The lowest BCUT2D eigenvalue weighted by Gasteiger charge is -2.33. The molecule has 4 rings (SSSR count). The van der Waals surface area contributed by atoms with E-state index in [4.69, 9.17) is 14.2 Å². The molecular formula is C19H18N2O5. The first kappa shape index (κ1) is 16.3. The van der Waals surface area contributed by atoms with E-state index in [-0.39, 0.29) is 0 Å². The Bertz CT molecular complexity index is 911. The summed E-state index contributed by atoms with van der Waals surface area (Å²) >= 11 is 0. The van der Waals surface area contributed by atoms with E-state index in [0.29, 0.717) is 41.8 Å². The van der Waals surface area contributed by atoms with E-state index in [9.17, 15) is 9.59 Å². The molecule has 2 N–H and O–H groups in total. The summed E-state index contributed by atoms with van der Waals surface area (Å²) in [6, 6.07) is 10.5. The monoisotopic (exact) mass is 354 g/mol. The summed E-state index contributed by atoms with van der Waals surface area (Å²) in [5, 5.41) is 5.45. The number of hydrogen-bond acceptors (Lipinski definition) is 5. The molecule has 0 radical (unpaired) electrons. The second-order valence-electron chi connectivity index (χ2n) is 6.40. The molecule has 2 heterocycles. The first-order valence-corrected chi connectivity index (χ1v) is 8.28. The molecule has 0 spiro atoms. The average molecular weight is 354 g/mol. The van der Waals surface area contributed by atoms with Crippen molar-refractivity contribution in [3.05, 3.63) is 42.0 Å². The molecule has 0 aliphatic carbocycles. The number of aryl methyl sites for hydroxylation is 1. The number of fused-ring (bicyclic) bond motifs is 2. The van der Waals surface area contributed by atoms with Crippen LogP contribution in [0.3, 0.4) is 0 Å². The number of amides is 2. The predicted octanol–water partition coefficient (Wildman–Crippen LogP) is 2.49. The second kappa shape index (κ2) is 5.94. The van der Waals surface area contributed by atoms with Crippen LogP contribution in [-0.2, 0) is 9.59 Å². The molecule has 2 amide bonds. The summed E-state index contributed by atoms with van der Waals surface area (Å²) in [6.45, 7) is 4.29. The van der Waals surface area contributed by atoms with E-state index in [2.05, 4.69) is 10.6 Å². The highest BCUT2D eigenvalue weighted by Crippen LogP contribution is 2.36. The normalized spacial score (nSPS) is 20.5. The summed E-state index contributed by atoms with van der Waals surface area (Å²) < 4.78 is 16.7. The Balaban J connectivity index is 1.57. The Morgan fingerprint density at radius 2 is 1.81 bits per heavy atom. The Morgan fingerprint density at radius 3 is 2.62 bits per heavy atom. The highest BCUT2D eigenvalue weighted by molar-refractivity contribution is 6.19. The van der Waals surface area contributed by atoms with Crippen molar-refractivity contribution in [2.75, 3.05) is 23.8 Å². The first-order chi connectivity index (χ1) is 12.5. The molecule has 26 heavy (non-hydrogen) atoms. The van der Waals surface area contributed by atoms with Gasteiger partial charge < -0.3 is 24.8 Å². The smallest absolute Gasteiger partial charge is 0.278 e. The molecule has 0 aromatic heterocycles. The molecule has 7 nitrogen and oxygen atoms in total. The van der Waals surface area contributed by atoms with Crippen molar-refractivity contribution in [2.24, 2.45) is 0 Å². The lowest BCUT2D eigenvalue weighted by molar-refractivity contribution is -0.143. The zero-order chi connectivity index (χ0) is 18.3. The number of carbonyl (C=O) groups is 2. The number of hydrogen-bond donors (Lipinski definition) is 2. The Morgan fingerprint density at radius 1 is 1.08 bits per heavy atom. The minimum Gasteiger partial charge on any atom is -0.486 e. The quantitative estimate of drug-likeness (QED) is 0.810. The molecule has 7 heteroatoms. The van der Waals surface area contributed by atoms with E-state index in [0.717, 1.165) is 5.56 Å². The highest BCUT2D eigenvalue weighted by Gasteiger charge is 2.47. The van der Waals surface area contributed by atoms with E-state index in [1.54, 1.807) is 30.3 Å². The van der Waals surface area contributed by atoms with Crippen molar-refractivity contribution in [1.29, 1.82) is 0 Å². The van der Waals surface area contributed by atoms with Crippen molar-refractivity contribution in [1.82, 2.24) is 0 Å². The third kappa shape index (κ3) is 2.71. The van der Waals surface area contributed by atoms with Gasteiger partial charge in [0.15, 0.2) is 11.5 Å². The van der Waals surface area contributed by atoms with Crippen LogP contribution < -0.4 is 24.8 Å². The Hall–Kier alpha value is -3.22. The zero-order valence-electron chi connectivity index (χ0n) is 14.4. The van der Waals surface area contributed by atoms with Gasteiger partial charge in [-0.2, -0.15) is 0 Å². The van der Waals surface area contributed by atoms with Crippen molar-refractivity contribution < 1.29 is 23.8 Å². The fraction of sp³-hybridized carbons (Fsp3) is 0.263. The van der Waals surface area contributed by atoms with Gasteiger partial charge in [0.25, 0.3) is 17.4 Å². The molecule has 134 valence electrons. The van der Waals surface area contributed by atoms with Crippen LogP contribution in [-0.4, -0.2) is 30.6 Å². The van der Waals surface area contributed by atoms with Crippen molar-refractivity contribution in [3.8, 4) is 17.2 Å². The number of carbonyl (C=O) groups excluding carboxylic acids is 2. The molecule has 2 aliphatic rings. The van der Waals surface area contributed by atoms with Gasteiger partial charge in [0.2, 0.25) is 0 Å². The van der Waals surface area contributed by atoms with Crippen LogP contribution in [0.5, 0.6) is 17.2 Å². The van der Waals surface area contributed by atoms with Gasteiger partial charge in [0.05, 0.1) is 5.69 Å². The molecular weight excluding hydrogens is 336 g/mol. The van der Waals surface area contributed by atoms with E-state index in [1.807, 2.05) is 13.0 Å². The van der Waals surface area contributed by atoms with E-state index in [1.165, 1.54) is 6.92 Å². The fourth-order valence-electron chi connectivity index (χ4n) is 2.86. The van der Waals surface area contributed by atoms with Gasteiger partial charge in [0.1, 0.15) is 19.0 Å². The number of benzene rings is 2. The van der Waals surface area contributed by atoms with Crippen LogP contribution in [0.4, 0.5) is 11.4 Å². The standard InChI is InChI=1S/C19H18N2O5/c1-11-3-5-14-13(9-11)21-18(23)19(2,26-14)17(22)20-12-4-6-15-16(10-12)25-8-7-24-15/h3-6,9-10H,7-8H2,1-2H3,(H,20,22)(H,21,23). The molecule has 1 atom stereocenters. The molecule has 2 aromatic rings. The molecule has 1 unspecified atom stereocenters. The van der Waals surface area contributed by atoms with Crippen molar-refractivity contribution in [2.45, 2.75) is 19.4 Å². The van der Waals surface area contributed by atoms with Crippen LogP contribution in [0.1, 0.15) is 12.5 Å². The van der Waals surface area contributed by atoms with Gasteiger partial charge >= 0.3 is 0 Å². The van der Waals surface area contributed by atoms with Crippen LogP contribution >= 0.6 is 0 Å². The van der Waals surface area contributed by atoms with Gasteiger partial charge in [-0.3, -0.25) is 9.59 Å². The molecule has 0 bridgehead atoms. The fourth-order valence-corrected chi connectivity index (χ4v) is 2.86. The van der Waals surface area contributed by atoms with Crippen LogP contribution in [0.15, 0.2) is 36.4 Å². The Kier molecular flexibility index (Phi) is 3.72. The Labute approximate surface area is 150 Å². The van der Waals surface area contributed by atoms with Gasteiger partial charge in [-0.05, 0) is 43.7 Å². The molecule has 0 fully saturated rings. The second-order valence-corrected chi connectivity index (χ2v) is 6.40. The largest absolute Gasteiger partial charge is 0.486 e. The van der Waals surface area contributed by atoms with E-state index < -0.39 is 17.4 Å². The number of ether oxygens (including phenoxy) is 3. The van der Waals surface area contributed by atoms with Crippen LogP contribution in [0.25, 0.3) is 0 Å². The summed E-state index contributed by atoms with van der Waals surface area (Å²) in [7, 11) is 0. The average Bonchev–Trinajstić information content (AvgIpc) is 2.63. The third-order valence-corrected chi connectivity index (χ3v) is 4.36. The topological polar surface area (TPSA) is 85.9 Å². The predicted molar refractivity (Wildman–Crippen MR) is 94.9 cm³/mol. The summed E-state index contributed by atoms with van der Waals surface area (Å²) in [5.74, 6) is 0.532. The van der Waals surface area contributed by atoms with Gasteiger partial charge in [-0.25, -0.2) is 0 Å². The third-order valence-electron chi connectivity index (χ3n) is 4.36. The number of nitrogens with one attached hydrogen (secondary N) is 2. The summed E-state index contributed by atoms with van der Waals surface area (Å²) in [5.41, 5.74) is 0.346. The molecule has 0 saturated heterocycles. The maximum absolute atomic E-state index is 12.8. The zero-order valence-corrected chi connectivity index (χ0v) is 14.4. The van der Waals surface area contributed by atoms with Gasteiger partial charge in [-0.1, -0.05) is 6.07 Å². The highest BCUT2D eigenvalue weighted by atomic mass is 16.6. The molecule has 0 saturated carbocycles. The van der Waals surface area contributed by atoms with Crippen molar-refractivity contribution in [3.63, 3.8) is 0 Å². The SMILES string of the molecule is Cc1ccc2c(c1)NC(=O)C(C)(C(=O)Nc1ccc3c(c1)OCCO3)O2. The maximum atomic E-state index is 12.8. The maximum Gasteiger partial charge on any atom is 0.278 e. The molecule has 2 aliphatic heterocycles. The lowest BCUT2D eigenvalue weighted by atomic mass is 10.0. The summed E-state index contributed by atoms with van der Waals surface area (Å²) in [4.78, 5) is 25.3. The van der Waals surface area contributed by atoms with E-state index >= 15 is 0 Å². The lowest BCUT2D eigenvalue weighted by Crippen LogP contribution is -2.56. The first-order valence-electron chi connectivity index (χ1n) is 8.28. The van der Waals surface area contributed by atoms with Gasteiger partial charge in [0, 0.05) is 11.8 Å². The van der Waals surface area contributed by atoms with Crippen LogP contribution in [0.2, 0.25) is 0 Å². The molecule has 2 aromatic carbocycles. The minimum absolute atomic E-state index is 0.448. The van der Waals surface area contributed by atoms with Gasteiger partial charge in [-0.15, -0.1) is 0 Å². The minimum atomic E-state index is -1.69. The van der Waals surface area contributed by atoms with Crippen molar-refractivity contribution >= 4 is 23.2 Å². The summed E-state index contributed by atoms with van der Waals surface area (Å²) in [6.07, 6.45) is 0.